The fourth-order valence-corrected chi connectivity index (χ4v) is 7.84. The van der Waals surface area contributed by atoms with E-state index >= 15 is 0 Å². The maximum atomic E-state index is 14.3. The highest BCUT2D eigenvalue weighted by Crippen LogP contribution is 2.41. The van der Waals surface area contributed by atoms with Gasteiger partial charge in [0.25, 0.3) is 15.9 Å². The second-order valence-corrected chi connectivity index (χ2v) is 13.7. The first-order chi connectivity index (χ1) is 21.7. The number of nitrogens with zero attached hydrogens (tertiary/aromatic N) is 4. The number of ether oxygens (including phenoxy) is 2. The van der Waals surface area contributed by atoms with Crippen LogP contribution in [-0.2, 0) is 37.4 Å². The van der Waals surface area contributed by atoms with Gasteiger partial charge in [0.2, 0.25) is 0 Å². The van der Waals surface area contributed by atoms with E-state index in [2.05, 4.69) is 12.1 Å². The summed E-state index contributed by atoms with van der Waals surface area (Å²) in [6, 6.07) is 12.8. The van der Waals surface area contributed by atoms with Crippen molar-refractivity contribution in [3.63, 3.8) is 0 Å². The van der Waals surface area contributed by atoms with E-state index in [-0.39, 0.29) is 30.0 Å². The number of hydrogen-bond donors (Lipinski definition) is 0. The number of anilines is 1. The summed E-state index contributed by atoms with van der Waals surface area (Å²) in [7, 11) is -2.69. The Kier molecular flexibility index (Phi) is 10.1. The molecule has 0 atom stereocenters. The summed E-state index contributed by atoms with van der Waals surface area (Å²) in [5.74, 6) is 1.70. The van der Waals surface area contributed by atoms with Gasteiger partial charge < -0.3 is 14.0 Å². The topological polar surface area (TPSA) is 115 Å². The number of sulfonamides is 1. The van der Waals surface area contributed by atoms with E-state index in [4.69, 9.17) is 19.0 Å². The van der Waals surface area contributed by atoms with Crippen LogP contribution in [0, 0.1) is 13.8 Å². The average molecular weight is 637 g/mol. The zero-order valence-corrected chi connectivity index (χ0v) is 27.8. The normalized spacial score (nSPS) is 16.2. The lowest BCUT2D eigenvalue weighted by molar-refractivity contribution is -0.131. The van der Waals surface area contributed by atoms with Crippen LogP contribution in [0.2, 0.25) is 0 Å². The fraction of sp³-hybridized carbons (Fsp3) is 0.500. The van der Waals surface area contributed by atoms with Gasteiger partial charge in [-0.05, 0) is 62.8 Å². The molecule has 1 fully saturated rings. The van der Waals surface area contributed by atoms with Crippen LogP contribution in [0.1, 0.15) is 81.2 Å². The summed E-state index contributed by atoms with van der Waals surface area (Å²) in [5.41, 5.74) is 3.06. The van der Waals surface area contributed by atoms with Gasteiger partial charge in [-0.3, -0.25) is 14.7 Å². The number of carbonyl (C=O) groups is 1. The highest BCUT2D eigenvalue weighted by atomic mass is 32.2. The first-order valence-corrected chi connectivity index (χ1v) is 17.2. The van der Waals surface area contributed by atoms with Crippen LogP contribution in [0.25, 0.3) is 11.1 Å². The molecule has 1 aliphatic heterocycles. The van der Waals surface area contributed by atoms with Gasteiger partial charge in [0.1, 0.15) is 23.9 Å². The SMILES string of the molecule is CCCCC1=NC2(CCCC2)C(=O)N1Cc1ccc(-c2ccccc2S(=O)(=O)N(COC)c2noc(C)c2C)c(COCC)c1. The van der Waals surface area contributed by atoms with Crippen molar-refractivity contribution >= 4 is 27.6 Å². The minimum Gasteiger partial charge on any atom is -0.377 e. The van der Waals surface area contributed by atoms with Crippen LogP contribution in [0.5, 0.6) is 0 Å². The molecule has 2 aliphatic rings. The standard InChI is InChI=1S/C34H44N4O6S/c1-6-8-15-31-35-34(18-11-12-19-34)33(39)37(31)21-26-16-17-28(27(20-26)22-43-7-2)29-13-9-10-14-30(29)45(40,41)38(23-42-5)32-24(3)25(4)44-36-32/h9-10,13-14,16-17,20H,6-8,11-12,15,18-19,21-23H2,1-5H3. The third-order valence-electron chi connectivity index (χ3n) is 8.81. The van der Waals surface area contributed by atoms with E-state index in [1.807, 2.05) is 36.1 Å². The van der Waals surface area contributed by atoms with Gasteiger partial charge in [0.05, 0.1) is 18.0 Å². The van der Waals surface area contributed by atoms with E-state index in [1.54, 1.807) is 32.0 Å². The molecule has 1 saturated carbocycles. The fourth-order valence-electron chi connectivity index (χ4n) is 6.25. The van der Waals surface area contributed by atoms with E-state index in [9.17, 15) is 13.2 Å². The van der Waals surface area contributed by atoms with Crippen LogP contribution in [-0.4, -0.2) is 56.2 Å². The van der Waals surface area contributed by atoms with E-state index in [1.165, 1.54) is 7.11 Å². The molecule has 2 heterocycles. The molecule has 11 heteroatoms. The number of amides is 1. The summed E-state index contributed by atoms with van der Waals surface area (Å²) in [4.78, 5) is 20.8. The number of hydrogen-bond acceptors (Lipinski definition) is 8. The predicted octanol–water partition coefficient (Wildman–Crippen LogP) is 6.54. The first-order valence-electron chi connectivity index (χ1n) is 15.8. The van der Waals surface area contributed by atoms with Gasteiger partial charge in [-0.1, -0.05) is 67.7 Å². The Morgan fingerprint density at radius 1 is 1.07 bits per heavy atom. The maximum absolute atomic E-state index is 14.3. The molecular weight excluding hydrogens is 592 g/mol. The molecule has 2 aromatic carbocycles. The Morgan fingerprint density at radius 2 is 1.82 bits per heavy atom. The largest absolute Gasteiger partial charge is 0.377 e. The van der Waals surface area contributed by atoms with E-state index in [0.29, 0.717) is 30.0 Å². The predicted molar refractivity (Wildman–Crippen MR) is 173 cm³/mol. The van der Waals surface area contributed by atoms with Gasteiger partial charge in [-0.15, -0.1) is 0 Å². The molecular formula is C34H44N4O6S. The highest BCUT2D eigenvalue weighted by molar-refractivity contribution is 7.93. The summed E-state index contributed by atoms with van der Waals surface area (Å²) in [6.07, 6.45) is 6.46. The molecule has 1 spiro atoms. The Morgan fingerprint density at radius 3 is 2.49 bits per heavy atom. The van der Waals surface area contributed by atoms with Crippen LogP contribution in [0.3, 0.4) is 0 Å². The molecule has 5 rings (SSSR count). The van der Waals surface area contributed by atoms with Crippen molar-refractivity contribution in [1.82, 2.24) is 10.1 Å². The molecule has 1 aliphatic carbocycles. The second-order valence-electron chi connectivity index (χ2n) is 11.8. The first kappa shape index (κ1) is 32.8. The third-order valence-corrected chi connectivity index (χ3v) is 10.6. The molecule has 1 aromatic heterocycles. The molecule has 0 bridgehead atoms. The molecule has 10 nitrogen and oxygen atoms in total. The lowest BCUT2D eigenvalue weighted by atomic mass is 9.96. The van der Waals surface area contributed by atoms with Gasteiger partial charge in [0.15, 0.2) is 5.82 Å². The summed E-state index contributed by atoms with van der Waals surface area (Å²) in [5, 5.41) is 4.03. The van der Waals surface area contributed by atoms with Crippen LogP contribution in [0.4, 0.5) is 5.82 Å². The maximum Gasteiger partial charge on any atom is 0.268 e. The number of aliphatic imine (C=N–C) groups is 1. The van der Waals surface area contributed by atoms with Crippen molar-refractivity contribution in [3.05, 3.63) is 64.9 Å². The number of amidine groups is 1. The summed E-state index contributed by atoms with van der Waals surface area (Å²) in [6.45, 7) is 8.53. The Labute approximate surface area is 266 Å². The van der Waals surface area contributed by atoms with Gasteiger partial charge in [-0.2, -0.15) is 0 Å². The van der Waals surface area contributed by atoms with Crippen molar-refractivity contribution < 1.29 is 27.2 Å². The lowest BCUT2D eigenvalue weighted by Gasteiger charge is -2.24. The number of methoxy groups -OCH3 is 1. The van der Waals surface area contributed by atoms with Crippen molar-refractivity contribution in [2.45, 2.75) is 96.2 Å². The van der Waals surface area contributed by atoms with Crippen molar-refractivity contribution in [2.75, 3.05) is 24.8 Å². The number of aryl methyl sites for hydroxylation is 1. The molecule has 242 valence electrons. The molecule has 1 amide bonds. The van der Waals surface area contributed by atoms with Gasteiger partial charge >= 0.3 is 0 Å². The smallest absolute Gasteiger partial charge is 0.268 e. The zero-order valence-electron chi connectivity index (χ0n) is 27.0. The summed E-state index contributed by atoms with van der Waals surface area (Å²) >= 11 is 0. The Bertz CT molecular complexity index is 1660. The Balaban J connectivity index is 1.53. The number of rotatable bonds is 14. The van der Waals surface area contributed by atoms with Crippen molar-refractivity contribution in [3.8, 4) is 11.1 Å². The van der Waals surface area contributed by atoms with Crippen LogP contribution in [0.15, 0.2) is 56.9 Å². The van der Waals surface area contributed by atoms with Crippen molar-refractivity contribution in [2.24, 2.45) is 4.99 Å². The van der Waals surface area contributed by atoms with Crippen LogP contribution < -0.4 is 4.31 Å². The number of benzene rings is 2. The summed E-state index contributed by atoms with van der Waals surface area (Å²) < 4.78 is 46.1. The minimum absolute atomic E-state index is 0.106. The van der Waals surface area contributed by atoms with E-state index < -0.39 is 15.6 Å². The minimum atomic E-state index is -4.13. The van der Waals surface area contributed by atoms with Gasteiger partial charge in [-0.25, -0.2) is 12.7 Å². The second kappa shape index (κ2) is 13.8. The van der Waals surface area contributed by atoms with Gasteiger partial charge in [0, 0.05) is 31.3 Å². The number of unbranched alkanes of at least 4 members (excludes halogenated alkanes) is 1. The third kappa shape index (κ3) is 6.43. The average Bonchev–Trinajstić information content (AvgIpc) is 3.72. The van der Waals surface area contributed by atoms with E-state index in [0.717, 1.165) is 71.8 Å². The molecule has 3 aromatic rings. The Hall–Kier alpha value is -3.54. The van der Waals surface area contributed by atoms with Crippen molar-refractivity contribution in [1.29, 1.82) is 0 Å². The zero-order chi connectivity index (χ0) is 32.2. The quantitative estimate of drug-likeness (QED) is 0.185. The molecule has 0 radical (unpaired) electrons. The highest BCUT2D eigenvalue weighted by Gasteiger charge is 2.49. The lowest BCUT2D eigenvalue weighted by Crippen LogP contribution is -2.40. The van der Waals surface area contributed by atoms with Crippen LogP contribution >= 0.6 is 0 Å². The molecule has 45 heavy (non-hydrogen) atoms. The number of carbonyl (C=O) groups excluding carboxylic acids is 1. The monoisotopic (exact) mass is 636 g/mol. The molecule has 0 saturated heterocycles. The molecule has 0 N–H and O–H groups in total. The number of aromatic nitrogens is 1. The molecule has 0 unspecified atom stereocenters.